The summed E-state index contributed by atoms with van der Waals surface area (Å²) in [4.78, 5) is 35.9. The topological polar surface area (TPSA) is 84.5 Å². The molecule has 2 N–H and O–H groups in total. The average molecular weight is 358 g/mol. The molecule has 2 aromatic rings. The van der Waals surface area contributed by atoms with Crippen LogP contribution < -0.4 is 10.6 Å². The van der Waals surface area contributed by atoms with Gasteiger partial charge >= 0.3 is 5.97 Å². The molecule has 0 spiro atoms. The average Bonchev–Trinajstić information content (AvgIpc) is 2.62. The van der Waals surface area contributed by atoms with Crippen LogP contribution in [-0.4, -0.2) is 30.9 Å². The van der Waals surface area contributed by atoms with E-state index in [0.29, 0.717) is 11.3 Å². The summed E-state index contributed by atoms with van der Waals surface area (Å²) in [5, 5.41) is 5.17. The van der Waals surface area contributed by atoms with E-state index in [1.54, 1.807) is 18.2 Å². The minimum Gasteiger partial charge on any atom is -0.467 e. The zero-order valence-electron chi connectivity index (χ0n) is 14.4. The van der Waals surface area contributed by atoms with Crippen LogP contribution in [-0.2, 0) is 20.7 Å². The summed E-state index contributed by atoms with van der Waals surface area (Å²) in [6, 6.07) is 11.1. The predicted octanol–water partition coefficient (Wildman–Crippen LogP) is 2.30. The second-order valence-electron chi connectivity index (χ2n) is 5.61. The molecule has 6 nitrogen and oxygen atoms in total. The highest BCUT2D eigenvalue weighted by molar-refractivity contribution is 6.04. The molecule has 0 saturated carbocycles. The fourth-order valence-electron chi connectivity index (χ4n) is 2.41. The van der Waals surface area contributed by atoms with Crippen molar-refractivity contribution in [1.29, 1.82) is 0 Å². The Hall–Kier alpha value is -3.22. The van der Waals surface area contributed by atoms with Gasteiger partial charge in [0.1, 0.15) is 11.9 Å². The molecule has 0 unspecified atom stereocenters. The van der Waals surface area contributed by atoms with Crippen molar-refractivity contribution in [2.75, 3.05) is 12.4 Å². The molecule has 0 aliphatic heterocycles. The Morgan fingerprint density at radius 1 is 1.08 bits per heavy atom. The number of esters is 1. The lowest BCUT2D eigenvalue weighted by molar-refractivity contribution is -0.142. The summed E-state index contributed by atoms with van der Waals surface area (Å²) >= 11 is 0. The van der Waals surface area contributed by atoms with E-state index in [2.05, 4.69) is 10.6 Å². The molecule has 2 rings (SSSR count). The van der Waals surface area contributed by atoms with Gasteiger partial charge in [0.05, 0.1) is 18.4 Å². The van der Waals surface area contributed by atoms with Crippen molar-refractivity contribution in [3.05, 3.63) is 65.5 Å². The highest BCUT2D eigenvalue weighted by Gasteiger charge is 2.24. The van der Waals surface area contributed by atoms with Crippen LogP contribution in [0.3, 0.4) is 0 Å². The summed E-state index contributed by atoms with van der Waals surface area (Å²) in [7, 11) is 1.22. The number of hydrogen-bond acceptors (Lipinski definition) is 4. The molecule has 0 aromatic heterocycles. The number of carbonyl (C=O) groups is 3. The van der Waals surface area contributed by atoms with Crippen LogP contribution in [0.15, 0.2) is 48.5 Å². The molecule has 0 aliphatic rings. The van der Waals surface area contributed by atoms with Crippen LogP contribution in [0, 0.1) is 5.82 Å². The molecule has 0 radical (unpaired) electrons. The van der Waals surface area contributed by atoms with E-state index in [-0.39, 0.29) is 17.9 Å². The number of nitrogens with one attached hydrogen (secondary N) is 2. The van der Waals surface area contributed by atoms with Crippen LogP contribution >= 0.6 is 0 Å². The standard InChI is InChI=1S/C19H19FN2O4/c1-12(23)21-16-6-4-3-5-15(16)18(24)22-17(19(25)26-2)11-13-7-9-14(20)10-8-13/h3-10,17H,11H2,1-2H3,(H,21,23)(H,22,24)/t17-/m0/s1. The van der Waals surface area contributed by atoms with Gasteiger partial charge in [0.25, 0.3) is 5.91 Å². The van der Waals surface area contributed by atoms with Gasteiger partial charge in [-0.2, -0.15) is 0 Å². The molecule has 0 fully saturated rings. The number of anilines is 1. The van der Waals surface area contributed by atoms with Crippen molar-refractivity contribution in [2.45, 2.75) is 19.4 Å². The first kappa shape index (κ1) is 19.1. The summed E-state index contributed by atoms with van der Waals surface area (Å²) < 4.78 is 17.8. The van der Waals surface area contributed by atoms with Crippen molar-refractivity contribution in [1.82, 2.24) is 5.32 Å². The Kier molecular flexibility index (Phi) is 6.43. The lowest BCUT2D eigenvalue weighted by atomic mass is 10.0. The summed E-state index contributed by atoms with van der Waals surface area (Å²) in [5.74, 6) is -1.87. The smallest absolute Gasteiger partial charge is 0.328 e. The summed E-state index contributed by atoms with van der Waals surface area (Å²) in [5.41, 5.74) is 1.22. The second kappa shape index (κ2) is 8.75. The quantitative estimate of drug-likeness (QED) is 0.776. The normalized spacial score (nSPS) is 11.3. The molecule has 2 amide bonds. The molecule has 1 atom stereocenters. The van der Waals surface area contributed by atoms with E-state index in [0.717, 1.165) is 0 Å². The number of ether oxygens (including phenoxy) is 1. The molecule has 0 bridgehead atoms. The molecule has 0 aliphatic carbocycles. The van der Waals surface area contributed by atoms with E-state index in [1.807, 2.05) is 0 Å². The number of halogens is 1. The first-order chi connectivity index (χ1) is 12.4. The lowest BCUT2D eigenvalue weighted by Crippen LogP contribution is -2.43. The van der Waals surface area contributed by atoms with E-state index in [4.69, 9.17) is 4.74 Å². The van der Waals surface area contributed by atoms with Crippen molar-refractivity contribution in [3.63, 3.8) is 0 Å². The molecule has 2 aromatic carbocycles. The predicted molar refractivity (Wildman–Crippen MR) is 94.1 cm³/mol. The van der Waals surface area contributed by atoms with Crippen LogP contribution in [0.2, 0.25) is 0 Å². The number of hydrogen-bond donors (Lipinski definition) is 2. The van der Waals surface area contributed by atoms with Crippen LogP contribution in [0.4, 0.5) is 10.1 Å². The van der Waals surface area contributed by atoms with Crippen molar-refractivity contribution < 1.29 is 23.5 Å². The van der Waals surface area contributed by atoms with Gasteiger partial charge < -0.3 is 15.4 Å². The third kappa shape index (κ3) is 5.14. The Morgan fingerprint density at radius 3 is 2.35 bits per heavy atom. The number of amides is 2. The van der Waals surface area contributed by atoms with Crippen LogP contribution in [0.1, 0.15) is 22.8 Å². The SMILES string of the molecule is COC(=O)[C@H](Cc1ccc(F)cc1)NC(=O)c1ccccc1NC(C)=O. The Balaban J connectivity index is 2.20. The van der Waals surface area contributed by atoms with E-state index >= 15 is 0 Å². The first-order valence-electron chi connectivity index (χ1n) is 7.90. The maximum Gasteiger partial charge on any atom is 0.328 e. The van der Waals surface area contributed by atoms with Crippen LogP contribution in [0.5, 0.6) is 0 Å². The highest BCUT2D eigenvalue weighted by Crippen LogP contribution is 2.16. The number of methoxy groups -OCH3 is 1. The Labute approximate surface area is 150 Å². The zero-order valence-corrected chi connectivity index (χ0v) is 14.4. The van der Waals surface area contributed by atoms with Crippen molar-refractivity contribution in [3.8, 4) is 0 Å². The molecular formula is C19H19FN2O4. The maximum absolute atomic E-state index is 13.0. The molecular weight excluding hydrogens is 339 g/mol. The number of rotatable bonds is 6. The van der Waals surface area contributed by atoms with Gasteiger partial charge in [-0.1, -0.05) is 24.3 Å². The Bertz CT molecular complexity index is 805. The summed E-state index contributed by atoms with van der Waals surface area (Å²) in [6.45, 7) is 1.33. The van der Waals surface area contributed by atoms with Gasteiger partial charge in [0, 0.05) is 13.3 Å². The van der Waals surface area contributed by atoms with E-state index in [9.17, 15) is 18.8 Å². The minimum absolute atomic E-state index is 0.140. The van der Waals surface area contributed by atoms with Gasteiger partial charge in [-0.3, -0.25) is 9.59 Å². The molecule has 7 heteroatoms. The lowest BCUT2D eigenvalue weighted by Gasteiger charge is -2.18. The van der Waals surface area contributed by atoms with Crippen LogP contribution in [0.25, 0.3) is 0 Å². The minimum atomic E-state index is -0.955. The Morgan fingerprint density at radius 2 is 1.73 bits per heavy atom. The fourth-order valence-corrected chi connectivity index (χ4v) is 2.41. The third-order valence-electron chi connectivity index (χ3n) is 3.63. The van der Waals surface area contributed by atoms with E-state index < -0.39 is 23.7 Å². The number of benzene rings is 2. The zero-order chi connectivity index (χ0) is 19.1. The van der Waals surface area contributed by atoms with Crippen molar-refractivity contribution in [2.24, 2.45) is 0 Å². The molecule has 0 heterocycles. The van der Waals surface area contributed by atoms with Gasteiger partial charge in [0.2, 0.25) is 5.91 Å². The monoisotopic (exact) mass is 358 g/mol. The second-order valence-corrected chi connectivity index (χ2v) is 5.61. The molecule has 0 saturated heterocycles. The largest absolute Gasteiger partial charge is 0.467 e. The van der Waals surface area contributed by atoms with E-state index in [1.165, 1.54) is 44.4 Å². The maximum atomic E-state index is 13.0. The first-order valence-corrected chi connectivity index (χ1v) is 7.90. The van der Waals surface area contributed by atoms with Gasteiger partial charge in [-0.15, -0.1) is 0 Å². The highest BCUT2D eigenvalue weighted by atomic mass is 19.1. The number of para-hydroxylation sites is 1. The fraction of sp³-hybridized carbons (Fsp3) is 0.211. The number of carbonyl (C=O) groups excluding carboxylic acids is 3. The summed E-state index contributed by atoms with van der Waals surface area (Å²) in [6.07, 6.45) is 0.140. The molecule has 26 heavy (non-hydrogen) atoms. The third-order valence-corrected chi connectivity index (χ3v) is 3.63. The van der Waals surface area contributed by atoms with Gasteiger partial charge in [-0.05, 0) is 29.8 Å². The molecule has 136 valence electrons. The van der Waals surface area contributed by atoms with Gasteiger partial charge in [0.15, 0.2) is 0 Å². The van der Waals surface area contributed by atoms with Crippen molar-refractivity contribution >= 4 is 23.5 Å². The van der Waals surface area contributed by atoms with Gasteiger partial charge in [-0.25, -0.2) is 9.18 Å².